The Morgan fingerprint density at radius 2 is 2.00 bits per heavy atom. The molecule has 0 aromatic carbocycles. The van der Waals surface area contributed by atoms with Crippen molar-refractivity contribution >= 4 is 0 Å². The van der Waals surface area contributed by atoms with Crippen LogP contribution in [-0.4, -0.2) is 0 Å². The third kappa shape index (κ3) is 4.37. The molecule has 0 aliphatic carbocycles. The molecule has 0 bridgehead atoms. The van der Waals surface area contributed by atoms with Gasteiger partial charge in [-0.25, -0.2) is 0 Å². The smallest absolute Gasteiger partial charge is 0.0204 e. The van der Waals surface area contributed by atoms with Gasteiger partial charge >= 0.3 is 0 Å². The van der Waals surface area contributed by atoms with E-state index >= 15 is 0 Å². The summed E-state index contributed by atoms with van der Waals surface area (Å²) in [6.45, 7) is 8.14. The van der Waals surface area contributed by atoms with E-state index in [2.05, 4.69) is 32.6 Å². The molecule has 1 unspecified atom stereocenters. The molecule has 0 aliphatic rings. The van der Waals surface area contributed by atoms with Crippen molar-refractivity contribution in [1.29, 1.82) is 0 Å². The minimum Gasteiger partial charge on any atom is -0.103 e. The molecule has 0 aliphatic heterocycles. The maximum atomic E-state index is 3.78. The summed E-state index contributed by atoms with van der Waals surface area (Å²) in [6.07, 6.45) is 10.0. The van der Waals surface area contributed by atoms with Gasteiger partial charge in [0.2, 0.25) is 0 Å². The largest absolute Gasteiger partial charge is 0.103 e. The molecule has 0 aromatic heterocycles. The van der Waals surface area contributed by atoms with Crippen LogP contribution in [0.4, 0.5) is 0 Å². The zero-order chi connectivity index (χ0) is 7.82. The average molecular weight is 138 g/mol. The monoisotopic (exact) mass is 138 g/mol. The van der Waals surface area contributed by atoms with E-state index in [1.165, 1.54) is 6.42 Å². The SMILES string of the molecule is C=CC(CC)C/C=C\CC. The van der Waals surface area contributed by atoms with E-state index in [4.69, 9.17) is 0 Å². The summed E-state index contributed by atoms with van der Waals surface area (Å²) in [5.74, 6) is 0.683. The van der Waals surface area contributed by atoms with Crippen molar-refractivity contribution in [3.05, 3.63) is 24.8 Å². The van der Waals surface area contributed by atoms with E-state index < -0.39 is 0 Å². The maximum Gasteiger partial charge on any atom is -0.0204 e. The van der Waals surface area contributed by atoms with Crippen LogP contribution >= 0.6 is 0 Å². The van der Waals surface area contributed by atoms with Gasteiger partial charge in [-0.2, -0.15) is 0 Å². The fraction of sp³-hybridized carbons (Fsp3) is 0.600. The zero-order valence-corrected chi connectivity index (χ0v) is 7.14. The zero-order valence-electron chi connectivity index (χ0n) is 7.14. The Bertz CT molecular complexity index is 101. The molecule has 0 radical (unpaired) electrons. The molecule has 10 heavy (non-hydrogen) atoms. The molecule has 0 fully saturated rings. The highest BCUT2D eigenvalue weighted by molar-refractivity contribution is 4.88. The van der Waals surface area contributed by atoms with E-state index in [0.29, 0.717) is 5.92 Å². The molecular formula is C10H18. The standard InChI is InChI=1S/C10H18/c1-4-7-8-9-10(5-2)6-3/h5,7-8,10H,2,4,6,9H2,1,3H3/b8-7-. The second kappa shape index (κ2) is 6.60. The summed E-state index contributed by atoms with van der Waals surface area (Å²) < 4.78 is 0. The van der Waals surface area contributed by atoms with Crippen LogP contribution in [0, 0.1) is 5.92 Å². The molecule has 0 spiro atoms. The topological polar surface area (TPSA) is 0 Å². The van der Waals surface area contributed by atoms with E-state index in [-0.39, 0.29) is 0 Å². The lowest BCUT2D eigenvalue weighted by atomic mass is 10.0. The van der Waals surface area contributed by atoms with Crippen LogP contribution in [0.5, 0.6) is 0 Å². The Morgan fingerprint density at radius 1 is 1.30 bits per heavy atom. The van der Waals surface area contributed by atoms with Crippen LogP contribution < -0.4 is 0 Å². The highest BCUT2D eigenvalue weighted by atomic mass is 14.0. The van der Waals surface area contributed by atoms with Crippen LogP contribution in [0.25, 0.3) is 0 Å². The minimum absolute atomic E-state index is 0.683. The van der Waals surface area contributed by atoms with Crippen molar-refractivity contribution in [3.8, 4) is 0 Å². The first-order valence-electron chi connectivity index (χ1n) is 4.12. The van der Waals surface area contributed by atoms with Gasteiger partial charge in [-0.15, -0.1) is 6.58 Å². The summed E-state index contributed by atoms with van der Waals surface area (Å²) >= 11 is 0. The first-order valence-corrected chi connectivity index (χ1v) is 4.12. The Morgan fingerprint density at radius 3 is 2.40 bits per heavy atom. The Balaban J connectivity index is 3.43. The molecule has 1 atom stereocenters. The van der Waals surface area contributed by atoms with Gasteiger partial charge in [0.15, 0.2) is 0 Å². The summed E-state index contributed by atoms with van der Waals surface area (Å²) in [4.78, 5) is 0. The van der Waals surface area contributed by atoms with Crippen molar-refractivity contribution < 1.29 is 0 Å². The van der Waals surface area contributed by atoms with Gasteiger partial charge in [-0.3, -0.25) is 0 Å². The van der Waals surface area contributed by atoms with E-state index in [1.54, 1.807) is 0 Å². The second-order valence-corrected chi connectivity index (χ2v) is 2.52. The van der Waals surface area contributed by atoms with E-state index in [0.717, 1.165) is 12.8 Å². The number of allylic oxidation sites excluding steroid dienone is 3. The number of hydrogen-bond acceptors (Lipinski definition) is 0. The lowest BCUT2D eigenvalue weighted by molar-refractivity contribution is 0.639. The van der Waals surface area contributed by atoms with Crippen LogP contribution in [0.2, 0.25) is 0 Å². The first-order chi connectivity index (χ1) is 4.85. The Labute approximate surface area is 64.6 Å². The van der Waals surface area contributed by atoms with Gasteiger partial charge < -0.3 is 0 Å². The van der Waals surface area contributed by atoms with Gasteiger partial charge in [0.1, 0.15) is 0 Å². The molecule has 0 saturated carbocycles. The minimum atomic E-state index is 0.683. The molecule has 58 valence electrons. The van der Waals surface area contributed by atoms with Gasteiger partial charge in [0, 0.05) is 0 Å². The van der Waals surface area contributed by atoms with Crippen molar-refractivity contribution in [2.24, 2.45) is 5.92 Å². The molecule has 0 aromatic rings. The predicted octanol–water partition coefficient (Wildman–Crippen LogP) is 3.55. The summed E-state index contributed by atoms with van der Waals surface area (Å²) in [7, 11) is 0. The molecule has 0 heterocycles. The van der Waals surface area contributed by atoms with Crippen molar-refractivity contribution in [3.63, 3.8) is 0 Å². The summed E-state index contributed by atoms with van der Waals surface area (Å²) in [5.41, 5.74) is 0. The Kier molecular flexibility index (Phi) is 6.25. The van der Waals surface area contributed by atoms with Crippen molar-refractivity contribution in [1.82, 2.24) is 0 Å². The van der Waals surface area contributed by atoms with Gasteiger partial charge in [0.05, 0.1) is 0 Å². The number of hydrogen-bond donors (Lipinski definition) is 0. The fourth-order valence-corrected chi connectivity index (χ4v) is 0.867. The average Bonchev–Trinajstić information content (AvgIpc) is 1.99. The first kappa shape index (κ1) is 9.48. The summed E-state index contributed by atoms with van der Waals surface area (Å²) in [5, 5.41) is 0. The van der Waals surface area contributed by atoms with Crippen LogP contribution in [0.1, 0.15) is 33.1 Å². The highest BCUT2D eigenvalue weighted by Crippen LogP contribution is 2.09. The Hall–Kier alpha value is -0.520. The molecule has 0 heteroatoms. The lowest BCUT2D eigenvalue weighted by Crippen LogP contribution is -1.89. The van der Waals surface area contributed by atoms with E-state index in [1.807, 2.05) is 6.08 Å². The lowest BCUT2D eigenvalue weighted by Gasteiger charge is -2.03. The molecule has 0 nitrogen and oxygen atoms in total. The summed E-state index contributed by atoms with van der Waals surface area (Å²) in [6, 6.07) is 0. The van der Waals surface area contributed by atoms with Crippen LogP contribution in [0.3, 0.4) is 0 Å². The third-order valence-corrected chi connectivity index (χ3v) is 1.70. The second-order valence-electron chi connectivity index (χ2n) is 2.52. The molecule has 0 N–H and O–H groups in total. The number of rotatable bonds is 5. The molecule has 0 amide bonds. The molecule has 0 rings (SSSR count). The molecule has 0 saturated heterocycles. The van der Waals surface area contributed by atoms with Crippen LogP contribution in [0.15, 0.2) is 24.8 Å². The van der Waals surface area contributed by atoms with Gasteiger partial charge in [-0.05, 0) is 25.2 Å². The highest BCUT2D eigenvalue weighted by Gasteiger charge is 1.95. The maximum absolute atomic E-state index is 3.78. The van der Waals surface area contributed by atoms with Crippen molar-refractivity contribution in [2.75, 3.05) is 0 Å². The van der Waals surface area contributed by atoms with Gasteiger partial charge in [0.25, 0.3) is 0 Å². The van der Waals surface area contributed by atoms with Crippen LogP contribution in [-0.2, 0) is 0 Å². The quantitative estimate of drug-likeness (QED) is 0.510. The third-order valence-electron chi connectivity index (χ3n) is 1.70. The van der Waals surface area contributed by atoms with Gasteiger partial charge in [-0.1, -0.05) is 32.1 Å². The fourth-order valence-electron chi connectivity index (χ4n) is 0.867. The normalized spacial score (nSPS) is 13.8. The van der Waals surface area contributed by atoms with Crippen molar-refractivity contribution in [2.45, 2.75) is 33.1 Å². The van der Waals surface area contributed by atoms with E-state index in [9.17, 15) is 0 Å². The predicted molar refractivity (Wildman–Crippen MR) is 48.0 cm³/mol. The molecular weight excluding hydrogens is 120 g/mol.